The number of aromatic nitrogens is 1. The molecule has 0 radical (unpaired) electrons. The molecular weight excluding hydrogens is 471 g/mol. The Hall–Kier alpha value is -2.30. The van der Waals surface area contributed by atoms with E-state index in [0.717, 1.165) is 25.9 Å². The molecule has 186 valence electrons. The number of amides is 2. The van der Waals surface area contributed by atoms with Crippen molar-refractivity contribution in [2.24, 2.45) is 0 Å². The Balaban J connectivity index is 1.41. The van der Waals surface area contributed by atoms with Crippen molar-refractivity contribution in [3.05, 3.63) is 35.0 Å². The van der Waals surface area contributed by atoms with Crippen LogP contribution in [0, 0.1) is 0 Å². The van der Waals surface area contributed by atoms with Gasteiger partial charge in [0.2, 0.25) is 5.91 Å². The molecule has 0 spiro atoms. The Morgan fingerprint density at radius 3 is 2.44 bits per heavy atom. The molecule has 3 heterocycles. The predicted molar refractivity (Wildman–Crippen MR) is 124 cm³/mol. The zero-order chi connectivity index (χ0) is 24.5. The lowest BCUT2D eigenvalue weighted by molar-refractivity contribution is -0.155. The lowest BCUT2D eigenvalue weighted by Gasteiger charge is -2.42. The quantitative estimate of drug-likeness (QED) is 0.663. The molecule has 0 unspecified atom stereocenters. The van der Waals surface area contributed by atoms with Gasteiger partial charge in [-0.1, -0.05) is 11.6 Å². The molecule has 1 atom stereocenters. The van der Waals surface area contributed by atoms with Crippen molar-refractivity contribution in [3.63, 3.8) is 0 Å². The number of carbonyl (C=O) groups excluding carboxylic acids is 2. The Bertz CT molecular complexity index is 1030. The highest BCUT2D eigenvalue weighted by Gasteiger charge is 2.39. The highest BCUT2D eigenvalue weighted by molar-refractivity contribution is 6.31. The number of H-pyrrole nitrogens is 1. The third-order valence-electron chi connectivity index (χ3n) is 6.70. The molecule has 2 amide bonds. The number of piperazine rings is 1. The fraction of sp³-hybridized carbons (Fsp3) is 0.565. The van der Waals surface area contributed by atoms with Crippen molar-refractivity contribution >= 4 is 34.3 Å². The van der Waals surface area contributed by atoms with Gasteiger partial charge in [-0.3, -0.25) is 14.5 Å². The number of hydrogen-bond acceptors (Lipinski definition) is 4. The van der Waals surface area contributed by atoms with Crippen molar-refractivity contribution in [1.29, 1.82) is 0 Å². The molecule has 1 aromatic heterocycles. The number of halogens is 4. The van der Waals surface area contributed by atoms with Crippen molar-refractivity contribution in [2.75, 3.05) is 46.3 Å². The first-order valence-corrected chi connectivity index (χ1v) is 11.8. The number of piperidine rings is 1. The van der Waals surface area contributed by atoms with Crippen LogP contribution in [0.5, 0.6) is 0 Å². The molecule has 0 saturated carbocycles. The van der Waals surface area contributed by atoms with Crippen LogP contribution in [0.2, 0.25) is 5.02 Å². The first-order valence-electron chi connectivity index (χ1n) is 11.5. The summed E-state index contributed by atoms with van der Waals surface area (Å²) in [7, 11) is 2.09. The average molecular weight is 500 g/mol. The molecule has 7 nitrogen and oxygen atoms in total. The van der Waals surface area contributed by atoms with E-state index in [1.54, 1.807) is 18.2 Å². The van der Waals surface area contributed by atoms with Gasteiger partial charge in [-0.2, -0.15) is 13.2 Å². The van der Waals surface area contributed by atoms with Crippen molar-refractivity contribution in [2.45, 2.75) is 37.5 Å². The molecular formula is C23H29ClF3N5O2. The van der Waals surface area contributed by atoms with Gasteiger partial charge in [0.1, 0.15) is 11.7 Å². The smallest absolute Gasteiger partial charge is 0.351 e. The molecule has 2 aliphatic heterocycles. The molecule has 4 rings (SSSR count). The normalized spacial score (nSPS) is 20.0. The number of aromatic amines is 1. The number of hydrogen-bond donors (Lipinski definition) is 2. The van der Waals surface area contributed by atoms with Crippen LogP contribution in [0.4, 0.5) is 13.2 Å². The molecule has 1 aromatic carbocycles. The fourth-order valence-electron chi connectivity index (χ4n) is 4.78. The van der Waals surface area contributed by atoms with Gasteiger partial charge in [0.25, 0.3) is 5.91 Å². The van der Waals surface area contributed by atoms with E-state index in [-0.39, 0.29) is 5.69 Å². The zero-order valence-electron chi connectivity index (χ0n) is 19.0. The largest absolute Gasteiger partial charge is 0.391 e. The van der Waals surface area contributed by atoms with Crippen molar-refractivity contribution in [3.8, 4) is 0 Å². The molecule has 2 N–H and O–H groups in total. The van der Waals surface area contributed by atoms with Gasteiger partial charge in [0.05, 0.1) is 6.42 Å². The summed E-state index contributed by atoms with van der Waals surface area (Å²) in [5.41, 5.74) is 0.697. The summed E-state index contributed by atoms with van der Waals surface area (Å²) in [6, 6.07) is 5.23. The van der Waals surface area contributed by atoms with Gasteiger partial charge < -0.3 is 20.1 Å². The van der Waals surface area contributed by atoms with Crippen LogP contribution in [0.3, 0.4) is 0 Å². The lowest BCUT2D eigenvalue weighted by Crippen LogP contribution is -2.58. The molecule has 34 heavy (non-hydrogen) atoms. The van der Waals surface area contributed by atoms with Crippen LogP contribution in [0.25, 0.3) is 10.9 Å². The molecule has 0 bridgehead atoms. The van der Waals surface area contributed by atoms with Crippen LogP contribution in [-0.4, -0.2) is 96.1 Å². The molecule has 2 saturated heterocycles. The number of alkyl halides is 3. The Kier molecular flexibility index (Phi) is 7.39. The number of benzene rings is 1. The minimum absolute atomic E-state index is 0.0735. The van der Waals surface area contributed by atoms with E-state index in [1.165, 1.54) is 11.0 Å². The van der Waals surface area contributed by atoms with E-state index in [1.807, 2.05) is 0 Å². The third kappa shape index (κ3) is 6.03. The summed E-state index contributed by atoms with van der Waals surface area (Å²) in [4.78, 5) is 34.7. The highest BCUT2D eigenvalue weighted by atomic mass is 35.5. The monoisotopic (exact) mass is 499 g/mol. The summed E-state index contributed by atoms with van der Waals surface area (Å²) in [6.45, 7) is 3.97. The van der Waals surface area contributed by atoms with E-state index in [4.69, 9.17) is 11.6 Å². The number of nitrogens with zero attached hydrogens (tertiary/aromatic N) is 3. The number of rotatable bonds is 5. The standard InChI is InChI=1S/C23H29ClF3N5O2/c1-30-6-4-17(5-7-30)31-8-10-32(11-9-31)22(34)20(14-23(25,26)27)29-21(33)19-13-15-12-16(24)2-3-18(15)28-19/h2-3,12-13,17,20,28H,4-11,14H2,1H3,(H,29,33)/t20-/m1/s1. The second-order valence-corrected chi connectivity index (χ2v) is 9.59. The van der Waals surface area contributed by atoms with E-state index in [9.17, 15) is 22.8 Å². The maximum absolute atomic E-state index is 13.3. The first kappa shape index (κ1) is 24.8. The molecule has 2 aliphatic rings. The van der Waals surface area contributed by atoms with Crippen LogP contribution < -0.4 is 5.32 Å². The minimum atomic E-state index is -4.60. The number of carbonyl (C=O) groups is 2. The van der Waals surface area contributed by atoms with Gasteiger partial charge in [-0.25, -0.2) is 0 Å². The van der Waals surface area contributed by atoms with Gasteiger partial charge in [0.15, 0.2) is 0 Å². The summed E-state index contributed by atoms with van der Waals surface area (Å²) in [6.07, 6.45) is -3.92. The maximum atomic E-state index is 13.3. The van der Waals surface area contributed by atoms with E-state index < -0.39 is 30.5 Å². The summed E-state index contributed by atoms with van der Waals surface area (Å²) < 4.78 is 39.8. The summed E-state index contributed by atoms with van der Waals surface area (Å²) >= 11 is 5.96. The topological polar surface area (TPSA) is 71.7 Å². The third-order valence-corrected chi connectivity index (χ3v) is 6.93. The van der Waals surface area contributed by atoms with Gasteiger partial charge in [-0.05, 0) is 57.2 Å². The first-order chi connectivity index (χ1) is 16.1. The van der Waals surface area contributed by atoms with Crippen LogP contribution >= 0.6 is 11.6 Å². The Labute approximate surface area is 201 Å². The lowest BCUT2D eigenvalue weighted by atomic mass is 10.0. The molecule has 2 fully saturated rings. The zero-order valence-corrected chi connectivity index (χ0v) is 19.8. The molecule has 2 aromatic rings. The van der Waals surface area contributed by atoms with E-state index >= 15 is 0 Å². The summed E-state index contributed by atoms with van der Waals surface area (Å²) in [5, 5.41) is 3.44. The number of nitrogens with one attached hydrogen (secondary N) is 2. The van der Waals surface area contributed by atoms with E-state index in [0.29, 0.717) is 48.1 Å². The minimum Gasteiger partial charge on any atom is -0.351 e. The maximum Gasteiger partial charge on any atom is 0.391 e. The van der Waals surface area contributed by atoms with Crippen molar-refractivity contribution < 1.29 is 22.8 Å². The van der Waals surface area contributed by atoms with Crippen LogP contribution in [0.15, 0.2) is 24.3 Å². The average Bonchev–Trinajstić information content (AvgIpc) is 3.21. The molecule has 0 aliphatic carbocycles. The molecule has 11 heteroatoms. The van der Waals surface area contributed by atoms with Gasteiger partial charge >= 0.3 is 6.18 Å². The fourth-order valence-corrected chi connectivity index (χ4v) is 4.96. The van der Waals surface area contributed by atoms with Gasteiger partial charge in [0, 0.05) is 48.1 Å². The Morgan fingerprint density at radius 1 is 1.12 bits per heavy atom. The van der Waals surface area contributed by atoms with Crippen LogP contribution in [-0.2, 0) is 4.79 Å². The second kappa shape index (κ2) is 10.1. The SMILES string of the molecule is CN1CCC(N2CCN(C(=O)[C@@H](CC(F)(F)F)NC(=O)c3cc4cc(Cl)ccc4[nH]3)CC2)CC1. The second-order valence-electron chi connectivity index (χ2n) is 9.16. The number of likely N-dealkylation sites (tertiary alicyclic amines) is 1. The van der Waals surface area contributed by atoms with Crippen molar-refractivity contribution in [1.82, 2.24) is 25.0 Å². The predicted octanol–water partition coefficient (Wildman–Crippen LogP) is 3.11. The van der Waals surface area contributed by atoms with Gasteiger partial charge in [-0.15, -0.1) is 0 Å². The van der Waals surface area contributed by atoms with E-state index in [2.05, 4.69) is 27.1 Å². The highest BCUT2D eigenvalue weighted by Crippen LogP contribution is 2.25. The number of fused-ring (bicyclic) bond motifs is 1. The summed E-state index contributed by atoms with van der Waals surface area (Å²) in [5.74, 6) is -1.47. The Morgan fingerprint density at radius 2 is 1.79 bits per heavy atom. The van der Waals surface area contributed by atoms with Crippen LogP contribution in [0.1, 0.15) is 29.8 Å².